The molecule has 0 bridgehead atoms. The van der Waals surface area contributed by atoms with Gasteiger partial charge in [-0.05, 0) is 26.0 Å². The van der Waals surface area contributed by atoms with Crippen molar-refractivity contribution in [1.29, 1.82) is 0 Å². The number of fused-ring (bicyclic) bond motifs is 1. The van der Waals surface area contributed by atoms with Crippen molar-refractivity contribution in [3.8, 4) is 0 Å². The number of hydrogen-bond acceptors (Lipinski definition) is 5. The van der Waals surface area contributed by atoms with E-state index in [1.54, 1.807) is 0 Å². The smallest absolute Gasteiger partial charge is 0.362 e. The first kappa shape index (κ1) is 17.1. The Balaban J connectivity index is 2.03. The lowest BCUT2D eigenvalue weighted by Crippen LogP contribution is -2.51. The summed E-state index contributed by atoms with van der Waals surface area (Å²) >= 11 is 0. The Hall–Kier alpha value is -1.72. The number of nitro benzene ring substituents is 1. The molecule has 0 aromatic heterocycles. The first-order valence-electron chi connectivity index (χ1n) is 6.93. The average molecular weight is 366 g/mol. The molecule has 3 rings (SSSR count). The summed E-state index contributed by atoms with van der Waals surface area (Å²) in [6.07, 6.45) is -6.04. The van der Waals surface area contributed by atoms with Gasteiger partial charge in [-0.15, -0.1) is 0 Å². The number of nitro groups is 1. The highest BCUT2D eigenvalue weighted by Gasteiger charge is 2.76. The molecule has 2 aliphatic rings. The van der Waals surface area contributed by atoms with Gasteiger partial charge in [-0.25, -0.2) is 8.42 Å². The number of halogens is 3. The molecule has 0 saturated carbocycles. The van der Waals surface area contributed by atoms with Crippen molar-refractivity contribution in [3.05, 3.63) is 34.4 Å². The zero-order valence-corrected chi connectivity index (χ0v) is 13.3. The van der Waals surface area contributed by atoms with Crippen LogP contribution in [0.5, 0.6) is 0 Å². The number of nitrogens with zero attached hydrogens (tertiary/aromatic N) is 2. The molecule has 4 atom stereocenters. The molecule has 11 heteroatoms. The molecule has 0 radical (unpaired) electrons. The quantitative estimate of drug-likeness (QED) is 0.464. The van der Waals surface area contributed by atoms with Gasteiger partial charge in [-0.3, -0.25) is 10.1 Å². The fourth-order valence-corrected chi connectivity index (χ4v) is 4.99. The molecule has 0 amide bonds. The highest BCUT2D eigenvalue weighted by molar-refractivity contribution is 7.89. The van der Waals surface area contributed by atoms with E-state index in [9.17, 15) is 31.7 Å². The van der Waals surface area contributed by atoms with Crippen LogP contribution in [0.1, 0.15) is 13.8 Å². The average Bonchev–Trinajstić information content (AvgIpc) is 3.08. The van der Waals surface area contributed by atoms with Gasteiger partial charge in [0.15, 0.2) is 6.04 Å². The van der Waals surface area contributed by atoms with Gasteiger partial charge >= 0.3 is 6.18 Å². The van der Waals surface area contributed by atoms with Crippen molar-refractivity contribution in [1.82, 2.24) is 4.31 Å². The second-order valence-corrected chi connectivity index (χ2v) is 7.81. The molecule has 0 aliphatic carbocycles. The topological polar surface area (TPSA) is 93.0 Å². The van der Waals surface area contributed by atoms with E-state index in [-0.39, 0.29) is 5.69 Å². The number of morpholine rings is 1. The van der Waals surface area contributed by atoms with E-state index in [2.05, 4.69) is 0 Å². The van der Waals surface area contributed by atoms with E-state index in [1.807, 2.05) is 0 Å². The SMILES string of the molecule is C[C@H]1N(S(=O)(=O)c2ccc([N+](=O)[O-])cc2)[C@@H](C(F)(F)F)[C@H]2O[C@]21C. The van der Waals surface area contributed by atoms with Crippen LogP contribution in [0.2, 0.25) is 0 Å². The van der Waals surface area contributed by atoms with Crippen LogP contribution in [-0.4, -0.2) is 47.6 Å². The van der Waals surface area contributed by atoms with Gasteiger partial charge in [0.2, 0.25) is 10.0 Å². The number of ether oxygens (including phenoxy) is 1. The fourth-order valence-electron chi connectivity index (χ4n) is 3.12. The molecular weight excluding hydrogens is 353 g/mol. The minimum atomic E-state index is -4.79. The van der Waals surface area contributed by atoms with Crippen LogP contribution >= 0.6 is 0 Å². The van der Waals surface area contributed by atoms with Gasteiger partial charge in [0.05, 0.1) is 15.9 Å². The largest absolute Gasteiger partial charge is 0.407 e. The molecule has 2 aliphatic heterocycles. The van der Waals surface area contributed by atoms with E-state index in [0.29, 0.717) is 4.31 Å². The Bertz CT molecular complexity index is 795. The lowest BCUT2D eigenvalue weighted by Gasteiger charge is -2.32. The van der Waals surface area contributed by atoms with Crippen LogP contribution in [0.3, 0.4) is 0 Å². The maximum Gasteiger partial charge on any atom is 0.407 e. The monoisotopic (exact) mass is 366 g/mol. The molecule has 0 unspecified atom stereocenters. The maximum absolute atomic E-state index is 13.4. The minimum Gasteiger partial charge on any atom is -0.362 e. The van der Waals surface area contributed by atoms with Crippen LogP contribution < -0.4 is 0 Å². The third kappa shape index (κ3) is 2.30. The van der Waals surface area contributed by atoms with Gasteiger partial charge < -0.3 is 4.74 Å². The highest BCUT2D eigenvalue weighted by atomic mass is 32.2. The zero-order chi connectivity index (χ0) is 18.1. The Kier molecular flexibility index (Phi) is 3.49. The van der Waals surface area contributed by atoms with Crippen molar-refractivity contribution < 1.29 is 31.2 Å². The number of alkyl halides is 3. The van der Waals surface area contributed by atoms with Crippen LogP contribution in [0.25, 0.3) is 0 Å². The maximum atomic E-state index is 13.4. The first-order valence-corrected chi connectivity index (χ1v) is 8.37. The molecule has 1 aromatic rings. The molecule has 2 saturated heterocycles. The van der Waals surface area contributed by atoms with Crippen LogP contribution in [-0.2, 0) is 14.8 Å². The molecule has 2 heterocycles. The summed E-state index contributed by atoms with van der Waals surface area (Å²) in [6.45, 7) is 2.79. The molecule has 7 nitrogen and oxygen atoms in total. The summed E-state index contributed by atoms with van der Waals surface area (Å²) < 4.78 is 71.0. The van der Waals surface area contributed by atoms with E-state index in [0.717, 1.165) is 24.3 Å². The predicted octanol–water partition coefficient (Wildman–Crippen LogP) is 2.08. The second kappa shape index (κ2) is 4.90. The van der Waals surface area contributed by atoms with Crippen LogP contribution in [0.4, 0.5) is 18.9 Å². The fraction of sp³-hybridized carbons (Fsp3) is 0.538. The van der Waals surface area contributed by atoms with E-state index in [1.165, 1.54) is 13.8 Å². The van der Waals surface area contributed by atoms with Crippen LogP contribution in [0, 0.1) is 10.1 Å². The summed E-state index contributed by atoms with van der Waals surface area (Å²) in [5, 5.41) is 10.6. The third-order valence-electron chi connectivity index (χ3n) is 4.62. The summed E-state index contributed by atoms with van der Waals surface area (Å²) in [4.78, 5) is 9.47. The predicted molar refractivity (Wildman–Crippen MR) is 74.7 cm³/mol. The Morgan fingerprint density at radius 2 is 1.83 bits per heavy atom. The number of hydrogen-bond donors (Lipinski definition) is 0. The molecule has 132 valence electrons. The molecule has 0 N–H and O–H groups in total. The Morgan fingerprint density at radius 3 is 2.29 bits per heavy atom. The van der Waals surface area contributed by atoms with Gasteiger partial charge in [0.25, 0.3) is 5.69 Å². The Morgan fingerprint density at radius 1 is 1.29 bits per heavy atom. The summed E-state index contributed by atoms with van der Waals surface area (Å²) in [5.74, 6) is 0. The van der Waals surface area contributed by atoms with Crippen molar-refractivity contribution >= 4 is 15.7 Å². The molecule has 2 fully saturated rings. The lowest BCUT2D eigenvalue weighted by molar-refractivity contribution is -0.384. The van der Waals surface area contributed by atoms with E-state index < -0.39 is 49.8 Å². The molecule has 0 spiro atoms. The zero-order valence-electron chi connectivity index (χ0n) is 12.5. The molecule has 1 aromatic carbocycles. The van der Waals surface area contributed by atoms with Crippen LogP contribution in [0.15, 0.2) is 29.2 Å². The molecular formula is C13H13F3N2O5S. The number of benzene rings is 1. The molecule has 24 heavy (non-hydrogen) atoms. The van der Waals surface area contributed by atoms with Crippen molar-refractivity contribution in [3.63, 3.8) is 0 Å². The standard InChI is InChI=1S/C13H13F3N2O5S/c1-7-12(2)11(23-12)10(13(14,15)16)17(7)24(21,22)9-5-3-8(4-6-9)18(19)20/h3-7,10-11H,1-2H3/t7-,10-,11-,12+/m1/s1. The Labute approximate surface area is 135 Å². The van der Waals surface area contributed by atoms with Crippen molar-refractivity contribution in [2.75, 3.05) is 0 Å². The van der Waals surface area contributed by atoms with Gasteiger partial charge in [0.1, 0.15) is 11.7 Å². The third-order valence-corrected chi connectivity index (χ3v) is 6.59. The number of non-ortho nitro benzene ring substituents is 1. The van der Waals surface area contributed by atoms with Gasteiger partial charge in [0, 0.05) is 12.1 Å². The van der Waals surface area contributed by atoms with Crippen molar-refractivity contribution in [2.45, 2.75) is 48.7 Å². The van der Waals surface area contributed by atoms with Crippen molar-refractivity contribution in [2.24, 2.45) is 0 Å². The summed E-state index contributed by atoms with van der Waals surface area (Å²) in [7, 11) is -4.49. The number of sulfonamides is 1. The lowest BCUT2D eigenvalue weighted by atomic mass is 10.0. The highest BCUT2D eigenvalue weighted by Crippen LogP contribution is 2.56. The van der Waals surface area contributed by atoms with E-state index >= 15 is 0 Å². The van der Waals surface area contributed by atoms with Gasteiger partial charge in [-0.2, -0.15) is 17.5 Å². The first-order chi connectivity index (χ1) is 10.9. The van der Waals surface area contributed by atoms with Gasteiger partial charge in [-0.1, -0.05) is 0 Å². The minimum absolute atomic E-state index is 0.353. The number of epoxide rings is 1. The second-order valence-electron chi connectivity index (χ2n) is 5.97. The number of rotatable bonds is 3. The van der Waals surface area contributed by atoms with E-state index in [4.69, 9.17) is 4.74 Å². The summed E-state index contributed by atoms with van der Waals surface area (Å²) in [6, 6.07) is 0.443. The summed E-state index contributed by atoms with van der Waals surface area (Å²) in [5.41, 5.74) is -1.54. The normalized spacial score (nSPS) is 33.3.